The number of methoxy groups -OCH3 is 2. The molecule has 0 saturated heterocycles. The van der Waals surface area contributed by atoms with Gasteiger partial charge in [-0.15, -0.1) is 0 Å². The predicted octanol–water partition coefficient (Wildman–Crippen LogP) is 3.74. The summed E-state index contributed by atoms with van der Waals surface area (Å²) in [6.07, 6.45) is 1.24. The summed E-state index contributed by atoms with van der Waals surface area (Å²) >= 11 is 6.12. The molecule has 0 saturated carbocycles. The Morgan fingerprint density at radius 2 is 1.85 bits per heavy atom. The Kier molecular flexibility index (Phi) is 5.89. The van der Waals surface area contributed by atoms with Gasteiger partial charge in [0.15, 0.2) is 11.5 Å². The fourth-order valence-corrected chi connectivity index (χ4v) is 3.37. The molecule has 0 atom stereocenters. The molecule has 1 amide bonds. The zero-order valence-electron chi connectivity index (χ0n) is 15.0. The standard InChI is InChI=1S/C20H23ClN2O3/c1-25-18-11-14-8-10-23(13-15(14)12-19(18)26-2)20(24)7-9-22-17-6-4-3-5-16(17)21/h3-6,11-12,22H,7-10,13H2,1-2H3. The van der Waals surface area contributed by atoms with E-state index in [-0.39, 0.29) is 5.91 Å². The SMILES string of the molecule is COc1cc2c(cc1OC)CN(C(=O)CCNc1ccccc1Cl)CC2. The van der Waals surface area contributed by atoms with Crippen molar-refractivity contribution in [1.82, 2.24) is 4.90 Å². The Hall–Kier alpha value is -2.40. The zero-order valence-corrected chi connectivity index (χ0v) is 15.8. The van der Waals surface area contributed by atoms with E-state index in [1.807, 2.05) is 41.3 Å². The molecule has 3 rings (SSSR count). The van der Waals surface area contributed by atoms with Gasteiger partial charge in [0.1, 0.15) is 0 Å². The maximum atomic E-state index is 12.6. The number of halogens is 1. The van der Waals surface area contributed by atoms with E-state index in [1.54, 1.807) is 14.2 Å². The molecule has 0 aliphatic carbocycles. The van der Waals surface area contributed by atoms with Gasteiger partial charge in [-0.2, -0.15) is 0 Å². The van der Waals surface area contributed by atoms with Crippen molar-refractivity contribution in [3.8, 4) is 11.5 Å². The predicted molar refractivity (Wildman–Crippen MR) is 103 cm³/mol. The van der Waals surface area contributed by atoms with Crippen molar-refractivity contribution in [2.45, 2.75) is 19.4 Å². The van der Waals surface area contributed by atoms with Crippen LogP contribution in [0.5, 0.6) is 11.5 Å². The Balaban J connectivity index is 1.59. The van der Waals surface area contributed by atoms with Crippen LogP contribution < -0.4 is 14.8 Å². The number of amides is 1. The Labute approximate surface area is 158 Å². The highest BCUT2D eigenvalue weighted by atomic mass is 35.5. The largest absolute Gasteiger partial charge is 0.493 e. The van der Waals surface area contributed by atoms with Gasteiger partial charge in [0.2, 0.25) is 5.91 Å². The van der Waals surface area contributed by atoms with E-state index in [2.05, 4.69) is 5.32 Å². The van der Waals surface area contributed by atoms with E-state index in [0.717, 1.165) is 23.4 Å². The molecule has 26 heavy (non-hydrogen) atoms. The minimum Gasteiger partial charge on any atom is -0.493 e. The summed E-state index contributed by atoms with van der Waals surface area (Å²) < 4.78 is 10.7. The number of carbonyl (C=O) groups excluding carboxylic acids is 1. The first-order chi connectivity index (χ1) is 12.6. The van der Waals surface area contributed by atoms with Gasteiger partial charge in [-0.05, 0) is 41.8 Å². The number of hydrogen-bond acceptors (Lipinski definition) is 4. The lowest BCUT2D eigenvalue weighted by Crippen LogP contribution is -2.36. The number of hydrogen-bond donors (Lipinski definition) is 1. The van der Waals surface area contributed by atoms with Crippen LogP contribution in [0.1, 0.15) is 17.5 Å². The number of nitrogens with one attached hydrogen (secondary N) is 1. The van der Waals surface area contributed by atoms with Gasteiger partial charge in [0.05, 0.1) is 24.9 Å². The van der Waals surface area contributed by atoms with Crippen LogP contribution >= 0.6 is 11.6 Å². The Morgan fingerprint density at radius 3 is 2.54 bits per heavy atom. The summed E-state index contributed by atoms with van der Waals surface area (Å²) in [6.45, 7) is 1.87. The van der Waals surface area contributed by atoms with E-state index in [0.29, 0.717) is 36.8 Å². The number of nitrogens with zero attached hydrogens (tertiary/aromatic N) is 1. The minimum atomic E-state index is 0.130. The van der Waals surface area contributed by atoms with Gasteiger partial charge in [-0.3, -0.25) is 4.79 Å². The van der Waals surface area contributed by atoms with E-state index in [9.17, 15) is 4.79 Å². The first-order valence-corrected chi connectivity index (χ1v) is 9.00. The summed E-state index contributed by atoms with van der Waals surface area (Å²) in [5, 5.41) is 3.88. The number of anilines is 1. The van der Waals surface area contributed by atoms with Crippen LogP contribution in [0.25, 0.3) is 0 Å². The lowest BCUT2D eigenvalue weighted by molar-refractivity contribution is -0.131. The molecule has 2 aromatic carbocycles. The minimum absolute atomic E-state index is 0.130. The maximum absolute atomic E-state index is 12.6. The van der Waals surface area contributed by atoms with Crippen molar-refractivity contribution in [2.24, 2.45) is 0 Å². The molecule has 5 nitrogen and oxygen atoms in total. The molecule has 0 aromatic heterocycles. The first kappa shape index (κ1) is 18.4. The van der Waals surface area contributed by atoms with Gasteiger partial charge < -0.3 is 19.7 Å². The lowest BCUT2D eigenvalue weighted by Gasteiger charge is -2.29. The molecule has 1 N–H and O–H groups in total. The van der Waals surface area contributed by atoms with Crippen molar-refractivity contribution in [1.29, 1.82) is 0 Å². The normalized spacial score (nSPS) is 13.1. The van der Waals surface area contributed by atoms with Crippen LogP contribution in [0.2, 0.25) is 5.02 Å². The van der Waals surface area contributed by atoms with Crippen molar-refractivity contribution in [3.63, 3.8) is 0 Å². The van der Waals surface area contributed by atoms with E-state index >= 15 is 0 Å². The first-order valence-electron chi connectivity index (χ1n) is 8.62. The molecular formula is C20H23ClN2O3. The molecule has 0 radical (unpaired) electrons. The second-order valence-electron chi connectivity index (χ2n) is 6.20. The molecule has 0 bridgehead atoms. The van der Waals surface area contributed by atoms with Gasteiger partial charge in [0, 0.05) is 26.1 Å². The molecule has 0 spiro atoms. The topological polar surface area (TPSA) is 50.8 Å². The van der Waals surface area contributed by atoms with E-state index in [4.69, 9.17) is 21.1 Å². The Bertz CT molecular complexity index is 795. The number of carbonyl (C=O) groups is 1. The average Bonchev–Trinajstić information content (AvgIpc) is 2.67. The van der Waals surface area contributed by atoms with Crippen molar-refractivity contribution >= 4 is 23.2 Å². The Morgan fingerprint density at radius 1 is 1.15 bits per heavy atom. The number of para-hydroxylation sites is 1. The maximum Gasteiger partial charge on any atom is 0.224 e. The lowest BCUT2D eigenvalue weighted by atomic mass is 9.98. The molecular weight excluding hydrogens is 352 g/mol. The third kappa shape index (κ3) is 4.05. The molecule has 138 valence electrons. The average molecular weight is 375 g/mol. The van der Waals surface area contributed by atoms with Crippen LogP contribution in [-0.2, 0) is 17.8 Å². The second-order valence-corrected chi connectivity index (χ2v) is 6.61. The highest BCUT2D eigenvalue weighted by Crippen LogP contribution is 2.33. The fraction of sp³-hybridized carbons (Fsp3) is 0.350. The van der Waals surface area contributed by atoms with Gasteiger partial charge >= 0.3 is 0 Å². The van der Waals surface area contributed by atoms with Crippen molar-refractivity contribution < 1.29 is 14.3 Å². The summed E-state index contributed by atoms with van der Waals surface area (Å²) in [5.74, 6) is 1.56. The van der Waals surface area contributed by atoms with Crippen molar-refractivity contribution in [2.75, 3.05) is 32.6 Å². The molecule has 0 fully saturated rings. The molecule has 6 heteroatoms. The summed E-state index contributed by atoms with van der Waals surface area (Å²) in [4.78, 5) is 14.4. The van der Waals surface area contributed by atoms with Crippen LogP contribution in [0.4, 0.5) is 5.69 Å². The van der Waals surface area contributed by atoms with Gasteiger partial charge in [0.25, 0.3) is 0 Å². The third-order valence-electron chi connectivity index (χ3n) is 4.60. The fourth-order valence-electron chi connectivity index (χ4n) is 3.16. The summed E-state index contributed by atoms with van der Waals surface area (Å²) in [6, 6.07) is 11.5. The van der Waals surface area contributed by atoms with Crippen LogP contribution in [0.3, 0.4) is 0 Å². The second kappa shape index (κ2) is 8.32. The highest BCUT2D eigenvalue weighted by molar-refractivity contribution is 6.33. The number of benzene rings is 2. The smallest absolute Gasteiger partial charge is 0.224 e. The zero-order chi connectivity index (χ0) is 18.5. The molecule has 1 aliphatic heterocycles. The van der Waals surface area contributed by atoms with Gasteiger partial charge in [-0.25, -0.2) is 0 Å². The third-order valence-corrected chi connectivity index (χ3v) is 4.93. The van der Waals surface area contributed by atoms with E-state index < -0.39 is 0 Å². The monoisotopic (exact) mass is 374 g/mol. The van der Waals surface area contributed by atoms with Gasteiger partial charge in [-0.1, -0.05) is 23.7 Å². The number of fused-ring (bicyclic) bond motifs is 1. The van der Waals surface area contributed by atoms with Crippen LogP contribution in [0, 0.1) is 0 Å². The summed E-state index contributed by atoms with van der Waals surface area (Å²) in [5.41, 5.74) is 3.17. The molecule has 1 aliphatic rings. The number of ether oxygens (including phenoxy) is 2. The number of rotatable bonds is 6. The van der Waals surface area contributed by atoms with Crippen LogP contribution in [0.15, 0.2) is 36.4 Å². The summed E-state index contributed by atoms with van der Waals surface area (Å²) in [7, 11) is 3.26. The van der Waals surface area contributed by atoms with Crippen molar-refractivity contribution in [3.05, 3.63) is 52.5 Å². The quantitative estimate of drug-likeness (QED) is 0.836. The highest BCUT2D eigenvalue weighted by Gasteiger charge is 2.22. The van der Waals surface area contributed by atoms with E-state index in [1.165, 1.54) is 5.56 Å². The molecule has 0 unspecified atom stereocenters. The molecule has 2 aromatic rings. The van der Waals surface area contributed by atoms with Crippen LogP contribution in [-0.4, -0.2) is 38.1 Å². The molecule has 1 heterocycles.